The third-order valence-corrected chi connectivity index (χ3v) is 5.37. The second-order valence-corrected chi connectivity index (χ2v) is 7.30. The smallest absolute Gasteiger partial charge is 0.155 e. The van der Waals surface area contributed by atoms with Crippen LogP contribution in [-0.2, 0) is 7.05 Å². The third kappa shape index (κ3) is 2.62. The van der Waals surface area contributed by atoms with Gasteiger partial charge in [-0.15, -0.1) is 0 Å². The SMILES string of the molecule is Cn1cc(-c2cn3nccc3c(-c3cn(C4CC(CC#N)C4)nc3N)n2)cn1. The summed E-state index contributed by atoms with van der Waals surface area (Å²) in [6.07, 6.45) is 11.8. The number of nitrogens with zero attached hydrogens (tertiary/aromatic N) is 8. The molecule has 1 aliphatic rings. The van der Waals surface area contributed by atoms with Crippen molar-refractivity contribution < 1.29 is 0 Å². The van der Waals surface area contributed by atoms with Gasteiger partial charge in [-0.1, -0.05) is 0 Å². The summed E-state index contributed by atoms with van der Waals surface area (Å²) in [4.78, 5) is 4.86. The topological polar surface area (TPSA) is 116 Å². The Labute approximate surface area is 161 Å². The van der Waals surface area contributed by atoms with E-state index in [4.69, 9.17) is 16.0 Å². The van der Waals surface area contributed by atoms with Gasteiger partial charge >= 0.3 is 0 Å². The normalized spacial score (nSPS) is 18.9. The van der Waals surface area contributed by atoms with Gasteiger partial charge in [-0.05, 0) is 24.8 Å². The molecule has 0 aromatic carbocycles. The first-order valence-electron chi connectivity index (χ1n) is 9.17. The zero-order chi connectivity index (χ0) is 19.3. The molecule has 0 saturated heterocycles. The molecule has 0 amide bonds. The highest BCUT2D eigenvalue weighted by molar-refractivity contribution is 5.83. The largest absolute Gasteiger partial charge is 0.382 e. The lowest BCUT2D eigenvalue weighted by molar-refractivity contribution is 0.187. The Hall–Kier alpha value is -3.67. The fourth-order valence-corrected chi connectivity index (χ4v) is 3.81. The molecule has 0 aliphatic heterocycles. The molecular formula is C19H19N9. The Balaban J connectivity index is 1.56. The first-order valence-corrected chi connectivity index (χ1v) is 9.17. The van der Waals surface area contributed by atoms with Crippen LogP contribution in [0.2, 0.25) is 0 Å². The molecule has 9 nitrogen and oxygen atoms in total. The van der Waals surface area contributed by atoms with E-state index >= 15 is 0 Å². The highest BCUT2D eigenvalue weighted by Gasteiger charge is 2.31. The second-order valence-electron chi connectivity index (χ2n) is 7.30. The Morgan fingerprint density at radius 2 is 2.11 bits per heavy atom. The monoisotopic (exact) mass is 373 g/mol. The predicted octanol–water partition coefficient (Wildman–Crippen LogP) is 2.44. The minimum absolute atomic E-state index is 0.289. The number of hydrogen-bond acceptors (Lipinski definition) is 6. The second kappa shape index (κ2) is 6.20. The van der Waals surface area contributed by atoms with Crippen molar-refractivity contribution in [2.75, 3.05) is 5.73 Å². The van der Waals surface area contributed by atoms with Crippen LogP contribution in [0.4, 0.5) is 5.82 Å². The van der Waals surface area contributed by atoms with Gasteiger partial charge in [0.2, 0.25) is 0 Å². The molecule has 0 spiro atoms. The lowest BCUT2D eigenvalue weighted by Crippen LogP contribution is -2.26. The first kappa shape index (κ1) is 16.5. The Morgan fingerprint density at radius 3 is 2.86 bits per heavy atom. The number of aryl methyl sites for hydroxylation is 1. The van der Waals surface area contributed by atoms with Crippen molar-refractivity contribution in [3.63, 3.8) is 0 Å². The average molecular weight is 373 g/mol. The number of hydrogen-bond donors (Lipinski definition) is 1. The van der Waals surface area contributed by atoms with Crippen LogP contribution < -0.4 is 5.73 Å². The molecule has 2 N–H and O–H groups in total. The maximum atomic E-state index is 8.84. The highest BCUT2D eigenvalue weighted by atomic mass is 15.3. The van der Waals surface area contributed by atoms with Gasteiger partial charge in [-0.25, -0.2) is 9.50 Å². The van der Waals surface area contributed by atoms with Crippen LogP contribution in [0.15, 0.2) is 37.1 Å². The lowest BCUT2D eigenvalue weighted by atomic mass is 9.79. The van der Waals surface area contributed by atoms with Crippen molar-refractivity contribution >= 4 is 11.3 Å². The molecule has 1 saturated carbocycles. The summed E-state index contributed by atoms with van der Waals surface area (Å²) in [5.74, 6) is 0.903. The zero-order valence-corrected chi connectivity index (χ0v) is 15.4. The molecule has 0 bridgehead atoms. The van der Waals surface area contributed by atoms with E-state index in [1.807, 2.05) is 36.4 Å². The summed E-state index contributed by atoms with van der Waals surface area (Å²) in [5.41, 5.74) is 10.3. The number of nitriles is 1. The number of anilines is 1. The van der Waals surface area contributed by atoms with Crippen molar-refractivity contribution in [3.8, 4) is 28.6 Å². The summed E-state index contributed by atoms with van der Waals surface area (Å²) in [7, 11) is 1.87. The minimum atomic E-state index is 0.289. The fraction of sp³-hybridized carbons (Fsp3) is 0.316. The molecule has 5 rings (SSSR count). The number of aromatic nitrogens is 7. The molecule has 4 aromatic rings. The third-order valence-electron chi connectivity index (χ3n) is 5.37. The summed E-state index contributed by atoms with van der Waals surface area (Å²) in [6.45, 7) is 0. The lowest BCUT2D eigenvalue weighted by Gasteiger charge is -2.33. The highest BCUT2D eigenvalue weighted by Crippen LogP contribution is 2.41. The van der Waals surface area contributed by atoms with Gasteiger partial charge in [0.05, 0.1) is 47.5 Å². The summed E-state index contributed by atoms with van der Waals surface area (Å²) in [5, 5.41) is 22.0. The number of fused-ring (bicyclic) bond motifs is 1. The average Bonchev–Trinajstić information content (AvgIpc) is 3.36. The number of nitrogen functional groups attached to an aromatic ring is 1. The number of rotatable bonds is 4. The van der Waals surface area contributed by atoms with Gasteiger partial charge in [0, 0.05) is 31.4 Å². The summed E-state index contributed by atoms with van der Waals surface area (Å²) >= 11 is 0. The van der Waals surface area contributed by atoms with Gasteiger partial charge in [-0.3, -0.25) is 9.36 Å². The van der Waals surface area contributed by atoms with Crippen molar-refractivity contribution in [1.29, 1.82) is 5.26 Å². The maximum absolute atomic E-state index is 8.84. The molecule has 0 atom stereocenters. The van der Waals surface area contributed by atoms with E-state index in [9.17, 15) is 0 Å². The van der Waals surface area contributed by atoms with Crippen LogP contribution in [0.5, 0.6) is 0 Å². The van der Waals surface area contributed by atoms with E-state index in [0.717, 1.165) is 40.9 Å². The molecule has 9 heteroatoms. The van der Waals surface area contributed by atoms with Crippen LogP contribution in [0.25, 0.3) is 28.0 Å². The molecule has 0 radical (unpaired) electrons. The fourth-order valence-electron chi connectivity index (χ4n) is 3.81. The molecule has 28 heavy (non-hydrogen) atoms. The first-order chi connectivity index (χ1) is 13.6. The van der Waals surface area contributed by atoms with E-state index in [-0.39, 0.29) is 6.04 Å². The van der Waals surface area contributed by atoms with Gasteiger partial charge in [-0.2, -0.15) is 20.6 Å². The van der Waals surface area contributed by atoms with E-state index in [1.54, 1.807) is 21.6 Å². The molecule has 1 fully saturated rings. The molecule has 1 aliphatic carbocycles. The van der Waals surface area contributed by atoms with E-state index < -0.39 is 0 Å². The van der Waals surface area contributed by atoms with Crippen LogP contribution >= 0.6 is 0 Å². The molecule has 0 unspecified atom stereocenters. The molecular weight excluding hydrogens is 354 g/mol. The van der Waals surface area contributed by atoms with Crippen molar-refractivity contribution in [1.82, 2.24) is 34.2 Å². The molecule has 140 valence electrons. The van der Waals surface area contributed by atoms with Crippen molar-refractivity contribution in [2.24, 2.45) is 13.0 Å². The zero-order valence-electron chi connectivity index (χ0n) is 15.4. The van der Waals surface area contributed by atoms with E-state index in [1.165, 1.54) is 0 Å². The summed E-state index contributed by atoms with van der Waals surface area (Å²) in [6, 6.07) is 4.45. The standard InChI is InChI=1S/C19H19N9/c1-26-9-13(8-23-26)16-11-28-17(3-5-22-28)18(24-16)15-10-27(25-19(15)21)14-6-12(7-14)2-4-20/h3,5,8-12,14H,2,6-7H2,1H3,(H2,21,25). The predicted molar refractivity (Wildman–Crippen MR) is 103 cm³/mol. The van der Waals surface area contributed by atoms with E-state index in [0.29, 0.717) is 18.2 Å². The molecule has 4 heterocycles. The van der Waals surface area contributed by atoms with Gasteiger partial charge in [0.1, 0.15) is 5.69 Å². The van der Waals surface area contributed by atoms with Crippen LogP contribution in [-0.4, -0.2) is 34.2 Å². The van der Waals surface area contributed by atoms with Crippen molar-refractivity contribution in [2.45, 2.75) is 25.3 Å². The molecule has 4 aromatic heterocycles. The van der Waals surface area contributed by atoms with Gasteiger partial charge < -0.3 is 5.73 Å². The minimum Gasteiger partial charge on any atom is -0.382 e. The summed E-state index contributed by atoms with van der Waals surface area (Å²) < 4.78 is 5.46. The number of nitrogens with two attached hydrogens (primary N) is 1. The van der Waals surface area contributed by atoms with E-state index in [2.05, 4.69) is 21.4 Å². The van der Waals surface area contributed by atoms with Crippen LogP contribution in [0, 0.1) is 17.2 Å². The van der Waals surface area contributed by atoms with Gasteiger partial charge in [0.25, 0.3) is 0 Å². The Kier molecular flexibility index (Phi) is 3.65. The Bertz CT molecular complexity index is 1200. The van der Waals surface area contributed by atoms with Crippen LogP contribution in [0.3, 0.4) is 0 Å². The Morgan fingerprint density at radius 1 is 1.25 bits per heavy atom. The van der Waals surface area contributed by atoms with Crippen LogP contribution in [0.1, 0.15) is 25.3 Å². The van der Waals surface area contributed by atoms with Gasteiger partial charge in [0.15, 0.2) is 5.82 Å². The maximum Gasteiger partial charge on any atom is 0.155 e. The van der Waals surface area contributed by atoms with Crippen molar-refractivity contribution in [3.05, 3.63) is 37.1 Å². The quantitative estimate of drug-likeness (QED) is 0.587.